The first-order valence-electron chi connectivity index (χ1n) is 8.74. The van der Waals surface area contributed by atoms with Gasteiger partial charge in [-0.15, -0.1) is 0 Å². The minimum atomic E-state index is -4.46. The summed E-state index contributed by atoms with van der Waals surface area (Å²) < 4.78 is 44.4. The fourth-order valence-corrected chi connectivity index (χ4v) is 3.41. The number of fused-ring (bicyclic) bond motifs is 1. The van der Waals surface area contributed by atoms with Gasteiger partial charge in [-0.05, 0) is 43.2 Å². The van der Waals surface area contributed by atoms with E-state index in [1.54, 1.807) is 4.90 Å². The van der Waals surface area contributed by atoms with Gasteiger partial charge in [0, 0.05) is 24.6 Å². The van der Waals surface area contributed by atoms with Gasteiger partial charge in [-0.25, -0.2) is 4.98 Å². The number of hydrogen-bond donors (Lipinski definition) is 0. The van der Waals surface area contributed by atoms with Crippen molar-refractivity contribution in [2.45, 2.75) is 24.9 Å². The van der Waals surface area contributed by atoms with Gasteiger partial charge in [-0.1, -0.05) is 18.2 Å². The molecule has 1 aliphatic rings. The molecule has 27 heavy (non-hydrogen) atoms. The third-order valence-electron chi connectivity index (χ3n) is 4.88. The van der Waals surface area contributed by atoms with Crippen LogP contribution < -0.4 is 0 Å². The standard InChI is InChI=1S/C20H17F3N2O2/c21-20(22,23)15-5-3-4-14(12-15)19(26)25-10-8-13(9-11-25)18-24-16-6-1-2-7-17(16)27-18/h1-7,12-13H,8-11H2. The SMILES string of the molecule is O=C(c1cccc(C(F)(F)F)c1)N1CCC(c2nc3ccccc3o2)CC1. The Hall–Kier alpha value is -2.83. The highest BCUT2D eigenvalue weighted by Crippen LogP contribution is 2.32. The maximum Gasteiger partial charge on any atom is 0.416 e. The quantitative estimate of drug-likeness (QED) is 0.643. The minimum Gasteiger partial charge on any atom is -0.440 e. The monoisotopic (exact) mass is 374 g/mol. The van der Waals surface area contributed by atoms with Crippen molar-refractivity contribution in [3.8, 4) is 0 Å². The number of carbonyl (C=O) groups excluding carboxylic acids is 1. The molecule has 0 unspecified atom stereocenters. The van der Waals surface area contributed by atoms with Crippen LogP contribution in [0.2, 0.25) is 0 Å². The van der Waals surface area contributed by atoms with E-state index in [4.69, 9.17) is 4.42 Å². The molecule has 2 aromatic carbocycles. The highest BCUT2D eigenvalue weighted by molar-refractivity contribution is 5.94. The van der Waals surface area contributed by atoms with Crippen molar-refractivity contribution >= 4 is 17.0 Å². The van der Waals surface area contributed by atoms with Gasteiger partial charge in [0.25, 0.3) is 5.91 Å². The molecule has 1 aliphatic heterocycles. The third-order valence-corrected chi connectivity index (χ3v) is 4.88. The zero-order chi connectivity index (χ0) is 19.0. The second-order valence-electron chi connectivity index (χ2n) is 6.66. The molecule has 0 N–H and O–H groups in total. The predicted molar refractivity (Wildman–Crippen MR) is 93.3 cm³/mol. The van der Waals surface area contributed by atoms with E-state index in [9.17, 15) is 18.0 Å². The van der Waals surface area contributed by atoms with Crippen LogP contribution in [0.1, 0.15) is 40.6 Å². The Labute approximate surface area is 153 Å². The van der Waals surface area contributed by atoms with Crippen molar-refractivity contribution in [3.05, 3.63) is 65.5 Å². The largest absolute Gasteiger partial charge is 0.440 e. The van der Waals surface area contributed by atoms with Gasteiger partial charge < -0.3 is 9.32 Å². The van der Waals surface area contributed by atoms with Crippen LogP contribution in [-0.2, 0) is 6.18 Å². The van der Waals surface area contributed by atoms with Crippen LogP contribution in [0, 0.1) is 0 Å². The van der Waals surface area contributed by atoms with Gasteiger partial charge in [0.2, 0.25) is 0 Å². The molecule has 1 amide bonds. The lowest BCUT2D eigenvalue weighted by Crippen LogP contribution is -2.38. The minimum absolute atomic E-state index is 0.0603. The molecule has 0 atom stereocenters. The number of hydrogen-bond acceptors (Lipinski definition) is 3. The number of oxazole rings is 1. The van der Waals surface area contributed by atoms with Gasteiger partial charge in [0.1, 0.15) is 5.52 Å². The summed E-state index contributed by atoms with van der Waals surface area (Å²) in [6.45, 7) is 0.914. The molecule has 0 bridgehead atoms. The van der Waals surface area contributed by atoms with Crippen molar-refractivity contribution in [1.29, 1.82) is 0 Å². The number of benzene rings is 2. The van der Waals surface area contributed by atoms with Crippen LogP contribution >= 0.6 is 0 Å². The Balaban J connectivity index is 1.45. The first-order valence-corrected chi connectivity index (χ1v) is 8.74. The van der Waals surface area contributed by atoms with Crippen LogP contribution in [0.15, 0.2) is 52.9 Å². The van der Waals surface area contributed by atoms with Gasteiger partial charge in [-0.2, -0.15) is 13.2 Å². The van der Waals surface area contributed by atoms with Gasteiger partial charge in [0.05, 0.1) is 5.56 Å². The number of likely N-dealkylation sites (tertiary alicyclic amines) is 1. The lowest BCUT2D eigenvalue weighted by Gasteiger charge is -2.30. The number of halogens is 3. The lowest BCUT2D eigenvalue weighted by molar-refractivity contribution is -0.137. The summed E-state index contributed by atoms with van der Waals surface area (Å²) >= 11 is 0. The number of rotatable bonds is 2. The Bertz CT molecular complexity index is 940. The van der Waals surface area contributed by atoms with Crippen LogP contribution in [-0.4, -0.2) is 28.9 Å². The number of alkyl halides is 3. The van der Waals surface area contributed by atoms with Gasteiger partial charge >= 0.3 is 6.18 Å². The summed E-state index contributed by atoms with van der Waals surface area (Å²) in [6, 6.07) is 12.1. The second-order valence-corrected chi connectivity index (χ2v) is 6.66. The summed E-state index contributed by atoms with van der Waals surface area (Å²) in [6.07, 6.45) is -3.13. The fourth-order valence-electron chi connectivity index (χ4n) is 3.41. The molecular formula is C20H17F3N2O2. The Morgan fingerprint density at radius 2 is 1.81 bits per heavy atom. The average Bonchev–Trinajstić information content (AvgIpc) is 3.11. The number of amides is 1. The molecule has 0 spiro atoms. The summed E-state index contributed by atoms with van der Waals surface area (Å²) in [7, 11) is 0. The maximum absolute atomic E-state index is 12.9. The number of para-hydroxylation sites is 2. The predicted octanol–water partition coefficient (Wildman–Crippen LogP) is 4.87. The molecule has 2 heterocycles. The van der Waals surface area contributed by atoms with E-state index in [1.807, 2.05) is 24.3 Å². The molecule has 1 saturated heterocycles. The molecule has 1 fully saturated rings. The summed E-state index contributed by atoms with van der Waals surface area (Å²) in [5, 5.41) is 0. The van der Waals surface area contributed by atoms with Crippen molar-refractivity contribution < 1.29 is 22.4 Å². The average molecular weight is 374 g/mol. The van der Waals surface area contributed by atoms with E-state index >= 15 is 0 Å². The second kappa shape index (κ2) is 6.72. The molecule has 0 aliphatic carbocycles. The first-order chi connectivity index (χ1) is 12.9. The molecule has 0 saturated carbocycles. The first kappa shape index (κ1) is 17.6. The number of piperidine rings is 1. The Morgan fingerprint density at radius 1 is 1.07 bits per heavy atom. The summed E-state index contributed by atoms with van der Waals surface area (Å²) in [5.41, 5.74) is 0.782. The molecule has 3 aromatic rings. The number of aromatic nitrogens is 1. The van der Waals surface area contributed by atoms with E-state index in [-0.39, 0.29) is 17.4 Å². The molecular weight excluding hydrogens is 357 g/mol. The van der Waals surface area contributed by atoms with Crippen molar-refractivity contribution in [1.82, 2.24) is 9.88 Å². The summed E-state index contributed by atoms with van der Waals surface area (Å²) in [4.78, 5) is 18.7. The smallest absolute Gasteiger partial charge is 0.416 e. The third kappa shape index (κ3) is 3.54. The molecule has 4 nitrogen and oxygen atoms in total. The maximum atomic E-state index is 12.9. The number of carbonyl (C=O) groups is 1. The summed E-state index contributed by atoms with van der Waals surface area (Å²) in [5.74, 6) is 0.377. The van der Waals surface area contributed by atoms with Crippen molar-refractivity contribution in [2.24, 2.45) is 0 Å². The fraction of sp³-hybridized carbons (Fsp3) is 0.300. The van der Waals surface area contributed by atoms with E-state index in [2.05, 4.69) is 4.98 Å². The van der Waals surface area contributed by atoms with Gasteiger partial charge in [0.15, 0.2) is 11.5 Å². The van der Waals surface area contributed by atoms with Crippen LogP contribution in [0.3, 0.4) is 0 Å². The lowest BCUT2D eigenvalue weighted by atomic mass is 9.96. The molecule has 7 heteroatoms. The van der Waals surface area contributed by atoms with E-state index in [0.29, 0.717) is 31.8 Å². The van der Waals surface area contributed by atoms with Crippen LogP contribution in [0.4, 0.5) is 13.2 Å². The molecule has 1 aromatic heterocycles. The van der Waals surface area contributed by atoms with E-state index in [0.717, 1.165) is 23.2 Å². The van der Waals surface area contributed by atoms with E-state index < -0.39 is 11.7 Å². The zero-order valence-corrected chi connectivity index (χ0v) is 14.4. The Kier molecular flexibility index (Phi) is 4.37. The highest BCUT2D eigenvalue weighted by Gasteiger charge is 2.32. The molecule has 4 rings (SSSR count). The molecule has 140 valence electrons. The topological polar surface area (TPSA) is 46.3 Å². The highest BCUT2D eigenvalue weighted by atomic mass is 19.4. The van der Waals surface area contributed by atoms with E-state index in [1.165, 1.54) is 12.1 Å². The molecule has 0 radical (unpaired) electrons. The van der Waals surface area contributed by atoms with Crippen LogP contribution in [0.25, 0.3) is 11.1 Å². The normalized spacial score (nSPS) is 16.0. The Morgan fingerprint density at radius 3 is 2.52 bits per heavy atom. The van der Waals surface area contributed by atoms with Crippen molar-refractivity contribution in [3.63, 3.8) is 0 Å². The van der Waals surface area contributed by atoms with Gasteiger partial charge in [-0.3, -0.25) is 4.79 Å². The number of nitrogens with zero attached hydrogens (tertiary/aromatic N) is 2. The zero-order valence-electron chi connectivity index (χ0n) is 14.4. The van der Waals surface area contributed by atoms with Crippen molar-refractivity contribution in [2.75, 3.05) is 13.1 Å². The van der Waals surface area contributed by atoms with Crippen LogP contribution in [0.5, 0.6) is 0 Å².